The highest BCUT2D eigenvalue weighted by Gasteiger charge is 2.49. The molecule has 7 nitrogen and oxygen atoms in total. The fraction of sp³-hybridized carbons (Fsp3) is 0.375. The lowest BCUT2D eigenvalue weighted by Crippen LogP contribution is -2.44. The Bertz CT molecular complexity index is 1060. The summed E-state index contributed by atoms with van der Waals surface area (Å²) in [5.74, 6) is -0.111. The summed E-state index contributed by atoms with van der Waals surface area (Å²) >= 11 is 5.85. The quantitative estimate of drug-likeness (QED) is 0.650. The summed E-state index contributed by atoms with van der Waals surface area (Å²) in [5, 5.41) is 3.40. The lowest BCUT2D eigenvalue weighted by molar-refractivity contribution is -0.138. The van der Waals surface area contributed by atoms with Gasteiger partial charge >= 0.3 is 6.03 Å². The second-order valence-corrected chi connectivity index (χ2v) is 8.84. The largest absolute Gasteiger partial charge is 0.492 e. The number of rotatable bonds is 7. The third-order valence-electron chi connectivity index (χ3n) is 6.18. The number of benzene rings is 2. The van der Waals surface area contributed by atoms with Gasteiger partial charge in [0.2, 0.25) is 5.91 Å². The zero-order valence-electron chi connectivity index (χ0n) is 18.2. The number of carbonyl (C=O) groups is 3. The molecule has 32 heavy (non-hydrogen) atoms. The molecule has 4 rings (SSSR count). The normalized spacial score (nSPS) is 19.7. The van der Waals surface area contributed by atoms with Gasteiger partial charge in [0.15, 0.2) is 0 Å². The molecule has 2 aromatic carbocycles. The lowest BCUT2D eigenvalue weighted by Gasteiger charge is -2.24. The molecule has 1 heterocycles. The van der Waals surface area contributed by atoms with Crippen LogP contribution >= 0.6 is 11.6 Å². The van der Waals surface area contributed by atoms with E-state index in [9.17, 15) is 14.4 Å². The number of fused-ring (bicyclic) bond motifs is 1. The predicted molar refractivity (Wildman–Crippen MR) is 121 cm³/mol. The van der Waals surface area contributed by atoms with Gasteiger partial charge in [-0.1, -0.05) is 29.8 Å². The van der Waals surface area contributed by atoms with E-state index in [0.29, 0.717) is 17.3 Å². The third kappa shape index (κ3) is 4.30. The van der Waals surface area contributed by atoms with E-state index in [1.54, 1.807) is 38.2 Å². The Morgan fingerprint density at radius 3 is 2.62 bits per heavy atom. The molecule has 0 bridgehead atoms. The number of carbonyl (C=O) groups excluding carboxylic acids is 3. The van der Waals surface area contributed by atoms with Crippen LogP contribution in [0.1, 0.15) is 30.0 Å². The first-order chi connectivity index (χ1) is 15.3. The number of ether oxygens (including phenoxy) is 1. The summed E-state index contributed by atoms with van der Waals surface area (Å²) in [7, 11) is 1.62. The minimum atomic E-state index is -1.18. The number of hydrogen-bond donors (Lipinski definition) is 1. The second kappa shape index (κ2) is 8.82. The summed E-state index contributed by atoms with van der Waals surface area (Å²) in [6, 6.07) is 12.3. The maximum Gasteiger partial charge on any atom is 0.325 e. The van der Waals surface area contributed by atoms with Gasteiger partial charge in [0.05, 0.1) is 6.54 Å². The Hall–Kier alpha value is -3.06. The van der Waals surface area contributed by atoms with Crippen LogP contribution in [-0.4, -0.2) is 54.4 Å². The van der Waals surface area contributed by atoms with Crippen molar-refractivity contribution in [3.8, 4) is 5.75 Å². The monoisotopic (exact) mass is 455 g/mol. The number of aryl methyl sites for hydroxylation is 2. The molecule has 168 valence electrons. The second-order valence-electron chi connectivity index (χ2n) is 8.40. The molecule has 1 saturated heterocycles. The summed E-state index contributed by atoms with van der Waals surface area (Å²) in [6.45, 7) is 1.96. The van der Waals surface area contributed by atoms with Crippen molar-refractivity contribution in [3.63, 3.8) is 0 Å². The van der Waals surface area contributed by atoms with E-state index in [1.165, 1.54) is 16.0 Å². The Morgan fingerprint density at radius 1 is 1.16 bits per heavy atom. The first kappa shape index (κ1) is 22.1. The van der Waals surface area contributed by atoms with Gasteiger partial charge in [-0.05, 0) is 67.1 Å². The minimum Gasteiger partial charge on any atom is -0.492 e. The van der Waals surface area contributed by atoms with Crippen LogP contribution < -0.4 is 10.1 Å². The first-order valence-electron chi connectivity index (χ1n) is 10.7. The van der Waals surface area contributed by atoms with Crippen molar-refractivity contribution >= 4 is 29.4 Å². The summed E-state index contributed by atoms with van der Waals surface area (Å²) in [6.07, 6.45) is 3.12. The maximum absolute atomic E-state index is 13.2. The Balaban J connectivity index is 1.36. The van der Waals surface area contributed by atoms with E-state index in [0.717, 1.165) is 29.7 Å². The minimum absolute atomic E-state index is 0.275. The maximum atomic E-state index is 13.2. The van der Waals surface area contributed by atoms with Crippen molar-refractivity contribution in [2.45, 2.75) is 31.7 Å². The van der Waals surface area contributed by atoms with E-state index in [1.807, 2.05) is 18.2 Å². The molecule has 1 unspecified atom stereocenters. The fourth-order valence-corrected chi connectivity index (χ4v) is 4.26. The highest BCUT2D eigenvalue weighted by Crippen LogP contribution is 2.32. The molecule has 1 fully saturated rings. The molecule has 2 aliphatic rings. The van der Waals surface area contributed by atoms with Gasteiger partial charge in [0, 0.05) is 12.1 Å². The molecule has 0 radical (unpaired) electrons. The average molecular weight is 456 g/mol. The van der Waals surface area contributed by atoms with Gasteiger partial charge in [0.25, 0.3) is 5.91 Å². The third-order valence-corrected chi connectivity index (χ3v) is 6.43. The van der Waals surface area contributed by atoms with Gasteiger partial charge < -0.3 is 15.0 Å². The summed E-state index contributed by atoms with van der Waals surface area (Å²) in [4.78, 5) is 40.8. The van der Waals surface area contributed by atoms with Crippen LogP contribution in [-0.2, 0) is 28.0 Å². The van der Waals surface area contributed by atoms with E-state index in [2.05, 4.69) is 5.32 Å². The molecule has 1 aliphatic heterocycles. The van der Waals surface area contributed by atoms with E-state index < -0.39 is 17.5 Å². The molecule has 1 aliphatic carbocycles. The van der Waals surface area contributed by atoms with Crippen molar-refractivity contribution in [2.24, 2.45) is 0 Å². The summed E-state index contributed by atoms with van der Waals surface area (Å²) < 4.78 is 5.61. The number of nitrogens with one attached hydrogen (secondary N) is 1. The topological polar surface area (TPSA) is 79.0 Å². The molecule has 2 aromatic rings. The van der Waals surface area contributed by atoms with Gasteiger partial charge in [-0.25, -0.2) is 4.79 Å². The number of nitrogens with zero attached hydrogens (tertiary/aromatic N) is 2. The Labute approximate surface area is 192 Å². The standard InChI is InChI=1S/C24H26ClN3O4/c1-24(18-7-6-16-4-3-5-17(16)14-18)22(30)28(23(31)26-24)15-21(29)27(2)12-13-32-20-10-8-19(25)9-11-20/h6-11,14H,3-5,12-13,15H2,1-2H3,(H,26,31). The first-order valence-corrected chi connectivity index (χ1v) is 11.0. The molecule has 8 heteroatoms. The fourth-order valence-electron chi connectivity index (χ4n) is 4.13. The zero-order valence-corrected chi connectivity index (χ0v) is 18.9. The van der Waals surface area contributed by atoms with Crippen LogP contribution in [0, 0.1) is 0 Å². The predicted octanol–water partition coefficient (Wildman–Crippen LogP) is 3.13. The summed E-state index contributed by atoms with van der Waals surface area (Å²) in [5.41, 5.74) is 2.09. The molecule has 0 aromatic heterocycles. The lowest BCUT2D eigenvalue weighted by atomic mass is 9.89. The average Bonchev–Trinajstić information content (AvgIpc) is 3.33. The van der Waals surface area contributed by atoms with Crippen LogP contribution in [0.15, 0.2) is 42.5 Å². The Morgan fingerprint density at radius 2 is 1.88 bits per heavy atom. The molecule has 1 N–H and O–H groups in total. The van der Waals surface area contributed by atoms with Gasteiger partial charge in [-0.15, -0.1) is 0 Å². The van der Waals surface area contributed by atoms with Crippen LogP contribution in [0.4, 0.5) is 4.79 Å². The van der Waals surface area contributed by atoms with Crippen LogP contribution in [0.25, 0.3) is 0 Å². The van der Waals surface area contributed by atoms with Crippen molar-refractivity contribution in [1.82, 2.24) is 15.1 Å². The van der Waals surface area contributed by atoms with Crippen molar-refractivity contribution < 1.29 is 19.1 Å². The van der Waals surface area contributed by atoms with Crippen LogP contribution in [0.2, 0.25) is 5.02 Å². The van der Waals surface area contributed by atoms with Gasteiger partial charge in [0.1, 0.15) is 24.4 Å². The number of halogens is 1. The molecule has 1 atom stereocenters. The number of likely N-dealkylation sites (N-methyl/N-ethyl adjacent to an activating group) is 1. The zero-order chi connectivity index (χ0) is 22.9. The van der Waals surface area contributed by atoms with E-state index >= 15 is 0 Å². The Kier molecular flexibility index (Phi) is 6.11. The molecule has 0 saturated carbocycles. The molecule has 0 spiro atoms. The van der Waals surface area contributed by atoms with E-state index in [4.69, 9.17) is 16.3 Å². The highest BCUT2D eigenvalue weighted by molar-refractivity contribution is 6.30. The number of urea groups is 1. The molecular weight excluding hydrogens is 430 g/mol. The van der Waals surface area contributed by atoms with Crippen molar-refractivity contribution in [3.05, 3.63) is 64.2 Å². The number of hydrogen-bond acceptors (Lipinski definition) is 4. The smallest absolute Gasteiger partial charge is 0.325 e. The van der Waals surface area contributed by atoms with E-state index in [-0.39, 0.29) is 19.1 Å². The van der Waals surface area contributed by atoms with Crippen LogP contribution in [0.3, 0.4) is 0 Å². The van der Waals surface area contributed by atoms with Crippen molar-refractivity contribution in [2.75, 3.05) is 26.7 Å². The number of amides is 4. The number of imide groups is 1. The molecule has 4 amide bonds. The molecular formula is C24H26ClN3O4. The van der Waals surface area contributed by atoms with Crippen LogP contribution in [0.5, 0.6) is 5.75 Å². The van der Waals surface area contributed by atoms with Gasteiger partial charge in [-0.3, -0.25) is 14.5 Å². The SMILES string of the molecule is CN(CCOc1ccc(Cl)cc1)C(=O)CN1C(=O)NC(C)(c2ccc3c(c2)CCC3)C1=O. The van der Waals surface area contributed by atoms with Crippen molar-refractivity contribution in [1.29, 1.82) is 0 Å². The van der Waals surface area contributed by atoms with Gasteiger partial charge in [-0.2, -0.15) is 0 Å². The highest BCUT2D eigenvalue weighted by atomic mass is 35.5.